The summed E-state index contributed by atoms with van der Waals surface area (Å²) in [5.74, 6) is 0.516. The molecule has 3 rings (SSSR count). The van der Waals surface area contributed by atoms with E-state index in [4.69, 9.17) is 5.73 Å². The predicted octanol–water partition coefficient (Wildman–Crippen LogP) is 3.91. The lowest BCUT2D eigenvalue weighted by molar-refractivity contribution is 0.748. The Bertz CT molecular complexity index is 839. The summed E-state index contributed by atoms with van der Waals surface area (Å²) in [5.41, 5.74) is 10.4. The summed E-state index contributed by atoms with van der Waals surface area (Å²) in [6.45, 7) is 4.44. The second kappa shape index (κ2) is 10.2. The number of aliphatic imine (C=N–C) groups is 1. The summed E-state index contributed by atoms with van der Waals surface area (Å²) < 4.78 is 2.16. The largest absolute Gasteiger partial charge is 0.370 e. The zero-order chi connectivity index (χ0) is 17.5. The maximum absolute atomic E-state index is 5.86. The van der Waals surface area contributed by atoms with Gasteiger partial charge in [0.1, 0.15) is 0 Å². The fourth-order valence-electron chi connectivity index (χ4n) is 2.71. The third-order valence-electron chi connectivity index (χ3n) is 4.17. The minimum Gasteiger partial charge on any atom is -0.370 e. The molecule has 0 unspecified atom stereocenters. The molecule has 0 fully saturated rings. The summed E-state index contributed by atoms with van der Waals surface area (Å²) >= 11 is 0. The van der Waals surface area contributed by atoms with Gasteiger partial charge in [-0.05, 0) is 29.7 Å². The predicted molar refractivity (Wildman–Crippen MR) is 119 cm³/mol. The number of imidazole rings is 1. The van der Waals surface area contributed by atoms with Gasteiger partial charge in [-0.1, -0.05) is 49.7 Å². The molecule has 0 radical (unpaired) electrons. The van der Waals surface area contributed by atoms with Gasteiger partial charge in [0.25, 0.3) is 0 Å². The van der Waals surface area contributed by atoms with Crippen molar-refractivity contribution in [2.24, 2.45) is 10.7 Å². The van der Waals surface area contributed by atoms with Crippen LogP contribution in [0.1, 0.15) is 30.9 Å². The van der Waals surface area contributed by atoms with E-state index in [9.17, 15) is 0 Å². The van der Waals surface area contributed by atoms with Crippen LogP contribution in [0.2, 0.25) is 0 Å². The van der Waals surface area contributed by atoms with E-state index in [0.29, 0.717) is 12.5 Å². The number of para-hydroxylation sites is 2. The van der Waals surface area contributed by atoms with Gasteiger partial charge in [-0.2, -0.15) is 0 Å². The van der Waals surface area contributed by atoms with Crippen LogP contribution in [0, 0.1) is 0 Å². The van der Waals surface area contributed by atoms with Gasteiger partial charge in [0, 0.05) is 13.1 Å². The third kappa shape index (κ3) is 5.45. The highest BCUT2D eigenvalue weighted by atomic mass is 127. The molecule has 0 atom stereocenters. The van der Waals surface area contributed by atoms with Crippen LogP contribution in [-0.2, 0) is 13.1 Å². The van der Waals surface area contributed by atoms with Crippen LogP contribution in [0.25, 0.3) is 11.0 Å². The van der Waals surface area contributed by atoms with Crippen LogP contribution in [0.4, 0.5) is 0 Å². The molecule has 0 aliphatic heterocycles. The van der Waals surface area contributed by atoms with E-state index >= 15 is 0 Å². The van der Waals surface area contributed by atoms with Gasteiger partial charge in [-0.15, -0.1) is 24.0 Å². The lowest BCUT2D eigenvalue weighted by Crippen LogP contribution is -2.32. The van der Waals surface area contributed by atoms with Crippen molar-refractivity contribution in [3.8, 4) is 0 Å². The minimum absolute atomic E-state index is 0. The van der Waals surface area contributed by atoms with Crippen molar-refractivity contribution in [1.29, 1.82) is 0 Å². The molecule has 0 aliphatic rings. The Morgan fingerprint density at radius 1 is 1.12 bits per heavy atom. The number of fused-ring (bicyclic) bond motifs is 1. The first-order valence-electron chi connectivity index (χ1n) is 8.77. The number of nitrogens with two attached hydrogens (primary N) is 1. The smallest absolute Gasteiger partial charge is 0.188 e. The zero-order valence-corrected chi connectivity index (χ0v) is 17.4. The van der Waals surface area contributed by atoms with Crippen LogP contribution >= 0.6 is 24.0 Å². The Labute approximate surface area is 171 Å². The van der Waals surface area contributed by atoms with Crippen molar-refractivity contribution < 1.29 is 0 Å². The quantitative estimate of drug-likeness (QED) is 0.242. The molecule has 1 aromatic heterocycles. The molecule has 0 saturated carbocycles. The number of benzene rings is 2. The average molecular weight is 463 g/mol. The van der Waals surface area contributed by atoms with Crippen LogP contribution in [-0.4, -0.2) is 22.1 Å². The molecule has 1 heterocycles. The van der Waals surface area contributed by atoms with Crippen LogP contribution in [0.3, 0.4) is 0 Å². The fourth-order valence-corrected chi connectivity index (χ4v) is 2.71. The lowest BCUT2D eigenvalue weighted by atomic mass is 10.1. The van der Waals surface area contributed by atoms with E-state index < -0.39 is 0 Å². The molecule has 26 heavy (non-hydrogen) atoms. The van der Waals surface area contributed by atoms with Crippen molar-refractivity contribution in [3.05, 3.63) is 66.0 Å². The molecule has 3 N–H and O–H groups in total. The highest BCUT2D eigenvalue weighted by Crippen LogP contribution is 2.14. The Hall–Kier alpha value is -2.09. The van der Waals surface area contributed by atoms with E-state index in [1.54, 1.807) is 0 Å². The Balaban J connectivity index is 0.00000243. The van der Waals surface area contributed by atoms with E-state index in [1.807, 2.05) is 24.5 Å². The number of guanidine groups is 1. The maximum Gasteiger partial charge on any atom is 0.188 e. The topological polar surface area (TPSA) is 68.2 Å². The maximum atomic E-state index is 5.86. The highest BCUT2D eigenvalue weighted by molar-refractivity contribution is 14.0. The van der Waals surface area contributed by atoms with Crippen molar-refractivity contribution in [3.63, 3.8) is 0 Å². The molecule has 0 spiro atoms. The monoisotopic (exact) mass is 463 g/mol. The molecule has 3 aromatic rings. The summed E-state index contributed by atoms with van der Waals surface area (Å²) in [5, 5.41) is 3.13. The Kier molecular flexibility index (Phi) is 7.90. The molecule has 0 saturated heterocycles. The number of hydrogen-bond donors (Lipinski definition) is 2. The van der Waals surface area contributed by atoms with Gasteiger partial charge in [0.15, 0.2) is 5.96 Å². The van der Waals surface area contributed by atoms with Gasteiger partial charge < -0.3 is 15.6 Å². The number of nitrogens with zero attached hydrogens (tertiary/aromatic N) is 3. The molecular weight excluding hydrogens is 437 g/mol. The van der Waals surface area contributed by atoms with Crippen molar-refractivity contribution >= 4 is 41.0 Å². The fraction of sp³-hybridized carbons (Fsp3) is 0.300. The van der Waals surface area contributed by atoms with Gasteiger partial charge in [-0.25, -0.2) is 9.98 Å². The highest BCUT2D eigenvalue weighted by Gasteiger charge is 2.02. The first-order chi connectivity index (χ1) is 12.3. The minimum atomic E-state index is 0. The first kappa shape index (κ1) is 20.2. The number of rotatable bonds is 7. The molecule has 6 heteroatoms. The van der Waals surface area contributed by atoms with Crippen LogP contribution in [0.5, 0.6) is 0 Å². The van der Waals surface area contributed by atoms with Gasteiger partial charge >= 0.3 is 0 Å². The molecule has 0 aliphatic carbocycles. The number of halogens is 1. The second-order valence-corrected chi connectivity index (χ2v) is 6.16. The number of hydrogen-bond acceptors (Lipinski definition) is 2. The standard InChI is InChI=1S/C20H25N5.HI/c1-2-3-12-22-20(21)23-13-16-8-10-17(11-9-16)14-25-15-24-18-6-4-5-7-19(18)25;/h4-11,15H,2-3,12-14H2,1H3,(H3,21,22,23);1H. The number of unbranched alkanes of at least 4 members (excludes halogenated alkanes) is 1. The third-order valence-corrected chi connectivity index (χ3v) is 4.17. The van der Waals surface area contributed by atoms with E-state index in [-0.39, 0.29) is 24.0 Å². The van der Waals surface area contributed by atoms with Gasteiger partial charge in [0.2, 0.25) is 0 Å². The number of nitrogens with one attached hydrogen (secondary N) is 1. The second-order valence-electron chi connectivity index (χ2n) is 6.16. The molecule has 2 aromatic carbocycles. The van der Waals surface area contributed by atoms with E-state index in [0.717, 1.165) is 42.5 Å². The summed E-state index contributed by atoms with van der Waals surface area (Å²) in [6, 6.07) is 16.7. The van der Waals surface area contributed by atoms with E-state index in [1.165, 1.54) is 5.56 Å². The summed E-state index contributed by atoms with van der Waals surface area (Å²) in [6.07, 6.45) is 4.15. The lowest BCUT2D eigenvalue weighted by Gasteiger charge is -2.07. The van der Waals surface area contributed by atoms with Crippen molar-refractivity contribution in [2.75, 3.05) is 6.54 Å². The molecule has 5 nitrogen and oxygen atoms in total. The van der Waals surface area contributed by atoms with Crippen LogP contribution < -0.4 is 11.1 Å². The zero-order valence-electron chi connectivity index (χ0n) is 15.1. The van der Waals surface area contributed by atoms with Crippen molar-refractivity contribution in [1.82, 2.24) is 14.9 Å². The Morgan fingerprint density at radius 3 is 2.62 bits per heavy atom. The molecular formula is C20H26IN5. The van der Waals surface area contributed by atoms with Gasteiger partial charge in [0.05, 0.1) is 23.9 Å². The summed E-state index contributed by atoms with van der Waals surface area (Å²) in [7, 11) is 0. The first-order valence-corrected chi connectivity index (χ1v) is 8.77. The Morgan fingerprint density at radius 2 is 1.85 bits per heavy atom. The average Bonchev–Trinajstić information content (AvgIpc) is 3.04. The van der Waals surface area contributed by atoms with Crippen LogP contribution in [0.15, 0.2) is 59.9 Å². The molecule has 0 bridgehead atoms. The molecule has 0 amide bonds. The van der Waals surface area contributed by atoms with Gasteiger partial charge in [-0.3, -0.25) is 0 Å². The van der Waals surface area contributed by atoms with E-state index in [2.05, 4.69) is 57.1 Å². The SMILES string of the molecule is CCCCNC(N)=NCc1ccc(Cn2cnc3ccccc32)cc1.I. The summed E-state index contributed by atoms with van der Waals surface area (Å²) in [4.78, 5) is 8.82. The normalized spacial score (nSPS) is 11.3. The van der Waals surface area contributed by atoms with Crippen molar-refractivity contribution in [2.45, 2.75) is 32.9 Å². The number of aromatic nitrogens is 2. The molecule has 138 valence electrons.